The molecule has 1 aromatic heterocycles. The summed E-state index contributed by atoms with van der Waals surface area (Å²) in [5.74, 6) is 5.51. The molecule has 0 fully saturated rings. The van der Waals surface area contributed by atoms with Crippen LogP contribution in [0.2, 0.25) is 5.02 Å². The highest BCUT2D eigenvalue weighted by Crippen LogP contribution is 2.25. The van der Waals surface area contributed by atoms with Gasteiger partial charge in [0.15, 0.2) is 0 Å². The summed E-state index contributed by atoms with van der Waals surface area (Å²) in [7, 11) is -3.82. The lowest BCUT2D eigenvalue weighted by atomic mass is 10.2. The van der Waals surface area contributed by atoms with Crippen LogP contribution in [0.15, 0.2) is 28.6 Å². The van der Waals surface area contributed by atoms with Crippen LogP contribution in [0.3, 0.4) is 0 Å². The minimum absolute atomic E-state index is 0.0288. The summed E-state index contributed by atoms with van der Waals surface area (Å²) in [6, 6.07) is 4.38. The van der Waals surface area contributed by atoms with Gasteiger partial charge in [-0.3, -0.25) is 4.72 Å². The van der Waals surface area contributed by atoms with Crippen molar-refractivity contribution < 1.29 is 13.5 Å². The molecule has 0 bridgehead atoms. The highest BCUT2D eigenvalue weighted by molar-refractivity contribution is 7.93. The van der Waals surface area contributed by atoms with E-state index in [4.69, 9.17) is 16.7 Å². The Balaban J connectivity index is 2.26. The van der Waals surface area contributed by atoms with Gasteiger partial charge in [-0.15, -0.1) is 10.2 Å². The van der Waals surface area contributed by atoms with Crippen molar-refractivity contribution >= 4 is 38.1 Å². The third-order valence-electron chi connectivity index (χ3n) is 2.27. The van der Waals surface area contributed by atoms with E-state index in [9.17, 15) is 8.42 Å². The highest BCUT2D eigenvalue weighted by atomic mass is 35.5. The third kappa shape index (κ3) is 4.15. The van der Waals surface area contributed by atoms with Gasteiger partial charge in [-0.05, 0) is 18.2 Å². The zero-order chi connectivity index (χ0) is 15.3. The van der Waals surface area contributed by atoms with Gasteiger partial charge in [-0.25, -0.2) is 8.42 Å². The normalized spacial score (nSPS) is 10.8. The summed E-state index contributed by atoms with van der Waals surface area (Å²) < 4.78 is 26.6. The molecular formula is C12H10ClN3O3S2. The molecule has 1 aromatic carbocycles. The average Bonchev–Trinajstić information content (AvgIpc) is 2.91. The molecule has 6 nitrogen and oxygen atoms in total. The molecule has 0 aliphatic carbocycles. The molecule has 110 valence electrons. The van der Waals surface area contributed by atoms with Crippen molar-refractivity contribution in [2.75, 3.05) is 11.3 Å². The van der Waals surface area contributed by atoms with Crippen LogP contribution >= 0.6 is 22.9 Å². The van der Waals surface area contributed by atoms with Crippen LogP contribution in [0.1, 0.15) is 12.0 Å². The Kier molecular flexibility index (Phi) is 5.14. The Morgan fingerprint density at radius 3 is 2.86 bits per heavy atom. The first-order valence-corrected chi connectivity index (χ1v) is 8.45. The van der Waals surface area contributed by atoms with E-state index in [0.29, 0.717) is 12.0 Å². The minimum Gasteiger partial charge on any atom is -0.395 e. The van der Waals surface area contributed by atoms with Gasteiger partial charge >= 0.3 is 0 Å². The molecule has 9 heteroatoms. The lowest BCUT2D eigenvalue weighted by Gasteiger charge is -2.06. The molecule has 0 saturated heterocycles. The van der Waals surface area contributed by atoms with E-state index < -0.39 is 10.0 Å². The van der Waals surface area contributed by atoms with Crippen LogP contribution in [0.25, 0.3) is 0 Å². The number of hydrogen-bond donors (Lipinski definition) is 2. The fourth-order valence-corrected chi connectivity index (χ4v) is 3.64. The fourth-order valence-electron chi connectivity index (χ4n) is 1.40. The van der Waals surface area contributed by atoms with Gasteiger partial charge in [0.05, 0.1) is 11.6 Å². The molecule has 0 atom stereocenters. The van der Waals surface area contributed by atoms with Gasteiger partial charge in [-0.1, -0.05) is 34.8 Å². The molecule has 2 N–H and O–H groups in total. The van der Waals surface area contributed by atoms with Crippen LogP contribution in [0.5, 0.6) is 0 Å². The van der Waals surface area contributed by atoms with Gasteiger partial charge in [0.1, 0.15) is 10.4 Å². The number of sulfonamides is 1. The van der Waals surface area contributed by atoms with E-state index in [1.54, 1.807) is 6.07 Å². The van der Waals surface area contributed by atoms with Crippen molar-refractivity contribution in [3.05, 3.63) is 34.3 Å². The maximum absolute atomic E-state index is 12.2. The monoisotopic (exact) mass is 343 g/mol. The lowest BCUT2D eigenvalue weighted by Crippen LogP contribution is -2.13. The summed E-state index contributed by atoms with van der Waals surface area (Å²) in [5, 5.41) is 16.0. The van der Waals surface area contributed by atoms with Crippen LogP contribution in [-0.2, 0) is 10.0 Å². The summed E-state index contributed by atoms with van der Waals surface area (Å²) in [4.78, 5) is -0.0629. The second-order valence-corrected chi connectivity index (χ2v) is 6.66. The summed E-state index contributed by atoms with van der Waals surface area (Å²) in [6.45, 7) is -0.0288. The molecule has 0 saturated carbocycles. The van der Waals surface area contributed by atoms with Gasteiger partial charge in [0.2, 0.25) is 5.13 Å². The first-order valence-electron chi connectivity index (χ1n) is 5.71. The summed E-state index contributed by atoms with van der Waals surface area (Å²) in [5.41, 5.74) is 1.99. The molecule has 2 rings (SSSR count). The quantitative estimate of drug-likeness (QED) is 0.825. The molecule has 0 radical (unpaired) electrons. The molecule has 1 heterocycles. The number of aromatic nitrogens is 2. The predicted molar refractivity (Wildman–Crippen MR) is 80.8 cm³/mol. The number of rotatable bonds is 4. The molecular weight excluding hydrogens is 334 g/mol. The summed E-state index contributed by atoms with van der Waals surface area (Å²) >= 11 is 7.06. The van der Waals surface area contributed by atoms with Crippen molar-refractivity contribution in [2.24, 2.45) is 0 Å². The van der Waals surface area contributed by atoms with Crippen molar-refractivity contribution in [1.29, 1.82) is 0 Å². The second kappa shape index (κ2) is 6.87. The van der Waals surface area contributed by atoms with E-state index in [0.717, 1.165) is 11.3 Å². The highest BCUT2D eigenvalue weighted by Gasteiger charge is 2.19. The third-order valence-corrected chi connectivity index (χ3v) is 4.83. The van der Waals surface area contributed by atoms with Crippen LogP contribution in [-0.4, -0.2) is 30.3 Å². The van der Waals surface area contributed by atoms with Gasteiger partial charge < -0.3 is 5.11 Å². The maximum Gasteiger partial charge on any atom is 0.265 e. The number of nitrogens with zero attached hydrogens (tertiary/aromatic N) is 2. The predicted octanol–water partition coefficient (Wildman–Crippen LogP) is 1.73. The molecule has 0 aliphatic heterocycles. The zero-order valence-electron chi connectivity index (χ0n) is 10.6. The van der Waals surface area contributed by atoms with Crippen molar-refractivity contribution in [3.63, 3.8) is 0 Å². The SMILES string of the molecule is O=S(=O)(Nc1nncs1)c1ccc(C#CCCO)cc1Cl. The smallest absolute Gasteiger partial charge is 0.265 e. The Hall–Kier alpha value is -1.66. The van der Waals surface area contributed by atoms with Crippen LogP contribution < -0.4 is 4.72 Å². The number of hydrogen-bond acceptors (Lipinski definition) is 6. The van der Waals surface area contributed by atoms with Crippen LogP contribution in [0, 0.1) is 11.8 Å². The average molecular weight is 344 g/mol. The molecule has 0 spiro atoms. The van der Waals surface area contributed by atoms with Crippen molar-refractivity contribution in [2.45, 2.75) is 11.3 Å². The number of benzene rings is 1. The second-order valence-electron chi connectivity index (χ2n) is 3.77. The number of halogens is 1. The lowest BCUT2D eigenvalue weighted by molar-refractivity contribution is 0.305. The molecule has 21 heavy (non-hydrogen) atoms. The Morgan fingerprint density at radius 2 is 2.24 bits per heavy atom. The standard InChI is InChI=1S/C12H10ClN3O3S2/c13-10-7-9(3-1-2-6-17)4-5-11(10)21(18,19)16-12-15-14-8-20-12/h4-5,7-8,17H,2,6H2,(H,15,16). The molecule has 0 unspecified atom stereocenters. The maximum atomic E-state index is 12.2. The van der Waals surface area contributed by atoms with E-state index >= 15 is 0 Å². The molecule has 2 aromatic rings. The van der Waals surface area contributed by atoms with E-state index in [1.165, 1.54) is 17.6 Å². The number of anilines is 1. The van der Waals surface area contributed by atoms with E-state index in [1.807, 2.05) is 0 Å². The first-order chi connectivity index (χ1) is 10.0. The van der Waals surface area contributed by atoms with Gasteiger partial charge in [0, 0.05) is 12.0 Å². The largest absolute Gasteiger partial charge is 0.395 e. The van der Waals surface area contributed by atoms with Crippen LogP contribution in [0.4, 0.5) is 5.13 Å². The number of aliphatic hydroxyl groups is 1. The zero-order valence-corrected chi connectivity index (χ0v) is 13.0. The molecule has 0 aliphatic rings. The van der Waals surface area contributed by atoms with E-state index in [2.05, 4.69) is 26.8 Å². The van der Waals surface area contributed by atoms with Gasteiger partial charge in [-0.2, -0.15) is 0 Å². The topological polar surface area (TPSA) is 92.2 Å². The Bertz CT molecular complexity index is 780. The number of aliphatic hydroxyl groups excluding tert-OH is 1. The fraction of sp³-hybridized carbons (Fsp3) is 0.167. The molecule has 0 amide bonds. The van der Waals surface area contributed by atoms with Crippen molar-refractivity contribution in [1.82, 2.24) is 10.2 Å². The van der Waals surface area contributed by atoms with Gasteiger partial charge in [0.25, 0.3) is 10.0 Å². The van der Waals surface area contributed by atoms with Crippen molar-refractivity contribution in [3.8, 4) is 11.8 Å². The van der Waals surface area contributed by atoms with E-state index in [-0.39, 0.29) is 21.7 Å². The Morgan fingerprint density at radius 1 is 1.43 bits per heavy atom. The Labute approximate surface area is 130 Å². The summed E-state index contributed by atoms with van der Waals surface area (Å²) in [6.07, 6.45) is 0.344. The minimum atomic E-state index is -3.82. The number of nitrogens with one attached hydrogen (secondary N) is 1. The first kappa shape index (κ1) is 15.7.